The van der Waals surface area contributed by atoms with Crippen molar-refractivity contribution in [2.24, 2.45) is 0 Å². The predicted molar refractivity (Wildman–Crippen MR) is 103 cm³/mol. The lowest BCUT2D eigenvalue weighted by molar-refractivity contribution is -0.113. The third-order valence-corrected chi connectivity index (χ3v) is 4.72. The Balaban J connectivity index is 1.58. The largest absolute Gasteiger partial charge is 0.325 e. The van der Waals surface area contributed by atoms with Crippen LogP contribution in [0.3, 0.4) is 0 Å². The molecule has 0 atom stereocenters. The summed E-state index contributed by atoms with van der Waals surface area (Å²) >= 11 is 1.45. The molecule has 2 aromatic carbocycles. The number of aryl methyl sites for hydroxylation is 2. The summed E-state index contributed by atoms with van der Waals surface area (Å²) in [6, 6.07) is 16.3. The minimum atomic E-state index is -0.0238. The Morgan fingerprint density at radius 2 is 1.84 bits per heavy atom. The number of carbonyl (C=O) groups is 1. The summed E-state index contributed by atoms with van der Waals surface area (Å²) in [4.78, 5) is 16.6. The van der Waals surface area contributed by atoms with E-state index in [1.807, 2.05) is 50.4 Å². The molecule has 1 N–H and O–H groups in total. The van der Waals surface area contributed by atoms with Gasteiger partial charge in [0.2, 0.25) is 5.91 Å². The van der Waals surface area contributed by atoms with Crippen molar-refractivity contribution >= 4 is 23.4 Å². The summed E-state index contributed by atoms with van der Waals surface area (Å²) in [5.74, 6) is 0.308. The van der Waals surface area contributed by atoms with Gasteiger partial charge in [0, 0.05) is 24.6 Å². The Bertz CT molecular complexity index is 838. The van der Waals surface area contributed by atoms with Crippen molar-refractivity contribution in [1.29, 1.82) is 0 Å². The molecule has 1 heterocycles. The molecule has 0 aliphatic rings. The van der Waals surface area contributed by atoms with Crippen LogP contribution in [0.15, 0.2) is 66.1 Å². The summed E-state index contributed by atoms with van der Waals surface area (Å²) in [7, 11) is 0. The molecular formula is C20H21N3OS. The average Bonchev–Trinajstić information content (AvgIpc) is 3.00. The van der Waals surface area contributed by atoms with E-state index in [1.165, 1.54) is 17.3 Å². The van der Waals surface area contributed by atoms with E-state index < -0.39 is 0 Å². The smallest absolute Gasteiger partial charge is 0.234 e. The number of hydrogen-bond donors (Lipinski definition) is 1. The molecule has 1 amide bonds. The molecule has 0 saturated heterocycles. The second kappa shape index (κ2) is 8.03. The average molecular weight is 351 g/mol. The number of anilines is 1. The van der Waals surface area contributed by atoms with Crippen molar-refractivity contribution in [1.82, 2.24) is 9.55 Å². The van der Waals surface area contributed by atoms with Gasteiger partial charge in [0.1, 0.15) is 0 Å². The van der Waals surface area contributed by atoms with Gasteiger partial charge >= 0.3 is 0 Å². The Morgan fingerprint density at radius 3 is 2.56 bits per heavy atom. The second-order valence-corrected chi connectivity index (χ2v) is 6.98. The fourth-order valence-electron chi connectivity index (χ4n) is 2.71. The Kier molecular flexibility index (Phi) is 5.56. The van der Waals surface area contributed by atoms with E-state index >= 15 is 0 Å². The fraction of sp³-hybridized carbons (Fsp3) is 0.200. The molecule has 3 rings (SSSR count). The third kappa shape index (κ3) is 4.97. The van der Waals surface area contributed by atoms with Crippen LogP contribution in [0.5, 0.6) is 0 Å². The number of carbonyl (C=O) groups excluding carboxylic acids is 1. The second-order valence-electron chi connectivity index (χ2n) is 6.04. The number of hydrogen-bond acceptors (Lipinski definition) is 3. The van der Waals surface area contributed by atoms with Crippen molar-refractivity contribution in [3.8, 4) is 0 Å². The molecule has 0 aliphatic carbocycles. The zero-order valence-electron chi connectivity index (χ0n) is 14.4. The molecule has 0 spiro atoms. The van der Waals surface area contributed by atoms with E-state index in [2.05, 4.69) is 33.1 Å². The van der Waals surface area contributed by atoms with Crippen molar-refractivity contribution in [2.45, 2.75) is 25.5 Å². The summed E-state index contributed by atoms with van der Waals surface area (Å²) in [5, 5.41) is 3.81. The number of rotatable bonds is 6. The zero-order valence-corrected chi connectivity index (χ0v) is 15.2. The van der Waals surface area contributed by atoms with Gasteiger partial charge < -0.3 is 9.88 Å². The van der Waals surface area contributed by atoms with Crippen LogP contribution in [0.2, 0.25) is 0 Å². The predicted octanol–water partition coefficient (Wildman–Crippen LogP) is 4.28. The van der Waals surface area contributed by atoms with Crippen LogP contribution in [0.4, 0.5) is 5.69 Å². The van der Waals surface area contributed by atoms with Crippen LogP contribution in [0.25, 0.3) is 0 Å². The van der Waals surface area contributed by atoms with E-state index in [0.29, 0.717) is 5.75 Å². The summed E-state index contributed by atoms with van der Waals surface area (Å²) in [6.07, 6.45) is 3.71. The van der Waals surface area contributed by atoms with Crippen LogP contribution in [0.1, 0.15) is 16.7 Å². The van der Waals surface area contributed by atoms with E-state index in [-0.39, 0.29) is 5.91 Å². The van der Waals surface area contributed by atoms with Crippen LogP contribution >= 0.6 is 11.8 Å². The van der Waals surface area contributed by atoms with Gasteiger partial charge in [-0.15, -0.1) is 0 Å². The molecule has 4 nitrogen and oxygen atoms in total. The normalized spacial score (nSPS) is 10.6. The first-order valence-electron chi connectivity index (χ1n) is 8.16. The van der Waals surface area contributed by atoms with Gasteiger partial charge in [-0.2, -0.15) is 0 Å². The molecule has 5 heteroatoms. The maximum atomic E-state index is 12.2. The van der Waals surface area contributed by atoms with Gasteiger partial charge in [0.05, 0.1) is 5.75 Å². The first-order chi connectivity index (χ1) is 12.1. The highest BCUT2D eigenvalue weighted by Gasteiger charge is 2.09. The molecule has 25 heavy (non-hydrogen) atoms. The number of imidazole rings is 1. The van der Waals surface area contributed by atoms with Gasteiger partial charge in [-0.25, -0.2) is 4.98 Å². The lowest BCUT2D eigenvalue weighted by Crippen LogP contribution is -2.15. The molecule has 0 radical (unpaired) electrons. The standard InChI is InChI=1S/C20H21N3OS/c1-15-10-16(2)12-18(11-15)22-19(24)14-25-20-21-8-9-23(20)13-17-6-4-3-5-7-17/h3-12H,13-14H2,1-2H3,(H,22,24). The summed E-state index contributed by atoms with van der Waals surface area (Å²) in [5.41, 5.74) is 4.33. The Morgan fingerprint density at radius 1 is 1.12 bits per heavy atom. The van der Waals surface area contributed by atoms with Crippen LogP contribution in [-0.2, 0) is 11.3 Å². The summed E-state index contributed by atoms with van der Waals surface area (Å²) < 4.78 is 2.06. The van der Waals surface area contributed by atoms with E-state index in [0.717, 1.165) is 28.5 Å². The van der Waals surface area contributed by atoms with E-state index in [9.17, 15) is 4.79 Å². The number of thioether (sulfide) groups is 1. The summed E-state index contributed by atoms with van der Waals surface area (Å²) in [6.45, 7) is 4.80. The highest BCUT2D eigenvalue weighted by atomic mass is 32.2. The van der Waals surface area contributed by atoms with Crippen molar-refractivity contribution < 1.29 is 4.79 Å². The lowest BCUT2D eigenvalue weighted by atomic mass is 10.1. The van der Waals surface area contributed by atoms with Crippen LogP contribution in [-0.4, -0.2) is 21.2 Å². The number of amides is 1. The number of nitrogens with one attached hydrogen (secondary N) is 1. The molecule has 0 aliphatic heterocycles. The molecule has 0 bridgehead atoms. The van der Waals surface area contributed by atoms with Gasteiger partial charge in [0.25, 0.3) is 0 Å². The van der Waals surface area contributed by atoms with Crippen molar-refractivity contribution in [2.75, 3.05) is 11.1 Å². The number of nitrogens with zero attached hydrogens (tertiary/aromatic N) is 2. The first kappa shape index (κ1) is 17.3. The lowest BCUT2D eigenvalue weighted by Gasteiger charge is -2.09. The van der Waals surface area contributed by atoms with E-state index in [1.54, 1.807) is 6.20 Å². The maximum absolute atomic E-state index is 12.2. The monoisotopic (exact) mass is 351 g/mol. The van der Waals surface area contributed by atoms with Gasteiger partial charge in [-0.1, -0.05) is 48.2 Å². The van der Waals surface area contributed by atoms with Gasteiger partial charge in [-0.05, 0) is 42.7 Å². The van der Waals surface area contributed by atoms with Gasteiger partial charge in [0.15, 0.2) is 5.16 Å². The highest BCUT2D eigenvalue weighted by molar-refractivity contribution is 7.99. The van der Waals surface area contributed by atoms with E-state index in [4.69, 9.17) is 0 Å². The minimum absolute atomic E-state index is 0.0238. The Hall–Kier alpha value is -2.53. The molecule has 0 fully saturated rings. The topological polar surface area (TPSA) is 46.9 Å². The van der Waals surface area contributed by atoms with Crippen LogP contribution < -0.4 is 5.32 Å². The molecule has 0 unspecified atom stereocenters. The third-order valence-electron chi connectivity index (χ3n) is 3.71. The molecule has 128 valence electrons. The maximum Gasteiger partial charge on any atom is 0.234 e. The Labute approximate surface area is 152 Å². The van der Waals surface area contributed by atoms with Gasteiger partial charge in [-0.3, -0.25) is 4.79 Å². The SMILES string of the molecule is Cc1cc(C)cc(NC(=O)CSc2nccn2Cc2ccccc2)c1. The zero-order chi connectivity index (χ0) is 17.6. The fourth-order valence-corrected chi connectivity index (χ4v) is 3.47. The first-order valence-corrected chi connectivity index (χ1v) is 9.15. The van der Waals surface area contributed by atoms with Crippen LogP contribution in [0, 0.1) is 13.8 Å². The number of benzene rings is 2. The quantitative estimate of drug-likeness (QED) is 0.674. The minimum Gasteiger partial charge on any atom is -0.325 e. The highest BCUT2D eigenvalue weighted by Crippen LogP contribution is 2.19. The van der Waals surface area contributed by atoms with Crippen molar-refractivity contribution in [3.05, 3.63) is 77.6 Å². The molecule has 0 saturated carbocycles. The molecule has 1 aromatic heterocycles. The van der Waals surface area contributed by atoms with Crippen molar-refractivity contribution in [3.63, 3.8) is 0 Å². The molecule has 3 aromatic rings. The number of aromatic nitrogens is 2. The molecular weight excluding hydrogens is 330 g/mol.